The molecule has 0 spiro atoms. The number of carbonyl (C=O) groups is 1. The predicted octanol–water partition coefficient (Wildman–Crippen LogP) is 1.26. The average molecular weight is 192 g/mol. The lowest BCUT2D eigenvalue weighted by Crippen LogP contribution is -2.03. The molecule has 0 aromatic rings. The number of rotatable bonds is 2. The third kappa shape index (κ3) is 2.17. The molecule has 1 heterocycles. The van der Waals surface area contributed by atoms with Gasteiger partial charge in [-0.15, -0.1) is 0 Å². The predicted molar refractivity (Wildman–Crippen MR) is 40.4 cm³/mol. The molecular weight excluding hydrogens is 183 g/mol. The third-order valence-electron chi connectivity index (χ3n) is 1.13. The van der Waals surface area contributed by atoms with Crippen LogP contribution >= 0.6 is 7.82 Å². The van der Waals surface area contributed by atoms with Gasteiger partial charge in [0.25, 0.3) is 0 Å². The Kier molecular flexibility index (Phi) is 2.67. The summed E-state index contributed by atoms with van der Waals surface area (Å²) >= 11 is 0. The van der Waals surface area contributed by atoms with E-state index in [4.69, 9.17) is 0 Å². The second kappa shape index (κ2) is 3.39. The monoisotopic (exact) mass is 192 g/mol. The third-order valence-corrected chi connectivity index (χ3v) is 2.51. The van der Waals surface area contributed by atoms with Crippen molar-refractivity contribution in [3.8, 4) is 0 Å². The van der Waals surface area contributed by atoms with E-state index in [1.807, 2.05) is 0 Å². The molecule has 6 heteroatoms. The molecule has 0 aliphatic carbocycles. The number of phosphoric acid groups is 1. The van der Waals surface area contributed by atoms with Crippen LogP contribution in [0.1, 0.15) is 6.92 Å². The Hall–Kier alpha value is -0.640. The van der Waals surface area contributed by atoms with Crippen molar-refractivity contribution in [1.82, 2.24) is 0 Å². The fourth-order valence-electron chi connectivity index (χ4n) is 0.568. The van der Waals surface area contributed by atoms with Gasteiger partial charge in [0, 0.05) is 5.57 Å². The van der Waals surface area contributed by atoms with Gasteiger partial charge >= 0.3 is 13.8 Å². The zero-order valence-electron chi connectivity index (χ0n) is 6.61. The van der Waals surface area contributed by atoms with E-state index in [1.165, 1.54) is 6.92 Å². The van der Waals surface area contributed by atoms with E-state index in [0.29, 0.717) is 0 Å². The first-order valence-electron chi connectivity index (χ1n) is 3.32. The molecule has 12 heavy (non-hydrogen) atoms. The van der Waals surface area contributed by atoms with E-state index in [9.17, 15) is 9.36 Å². The van der Waals surface area contributed by atoms with Crippen molar-refractivity contribution in [1.29, 1.82) is 0 Å². The summed E-state index contributed by atoms with van der Waals surface area (Å²) in [5, 5.41) is 0. The van der Waals surface area contributed by atoms with E-state index in [-0.39, 0.29) is 18.8 Å². The lowest BCUT2D eigenvalue weighted by molar-refractivity contribution is -0.131. The van der Waals surface area contributed by atoms with Gasteiger partial charge in [-0.05, 0) is 6.92 Å². The van der Waals surface area contributed by atoms with Crippen molar-refractivity contribution in [3.63, 3.8) is 0 Å². The maximum absolute atomic E-state index is 11.2. The van der Waals surface area contributed by atoms with Crippen LogP contribution in [0.2, 0.25) is 0 Å². The fraction of sp³-hybridized carbons (Fsp3) is 0.500. The first-order valence-corrected chi connectivity index (χ1v) is 4.78. The largest absolute Gasteiger partial charge is 0.532 e. The van der Waals surface area contributed by atoms with E-state index >= 15 is 0 Å². The molecule has 1 aliphatic rings. The quantitative estimate of drug-likeness (QED) is 0.486. The van der Waals surface area contributed by atoms with Gasteiger partial charge in [-0.1, -0.05) is 6.58 Å². The SMILES string of the molecule is C=C(C)C(=O)OP1(=O)OCCO1. The Morgan fingerprint density at radius 1 is 1.50 bits per heavy atom. The molecule has 0 N–H and O–H groups in total. The summed E-state index contributed by atoms with van der Waals surface area (Å²) < 4.78 is 24.9. The lowest BCUT2D eigenvalue weighted by atomic mass is 10.4. The van der Waals surface area contributed by atoms with E-state index in [0.717, 1.165) is 0 Å². The molecule has 0 saturated carbocycles. The Morgan fingerprint density at radius 3 is 2.42 bits per heavy atom. The molecule has 1 rings (SSSR count). The van der Waals surface area contributed by atoms with E-state index < -0.39 is 13.8 Å². The molecule has 1 aliphatic heterocycles. The highest BCUT2D eigenvalue weighted by Crippen LogP contribution is 2.53. The summed E-state index contributed by atoms with van der Waals surface area (Å²) in [6.07, 6.45) is 0. The van der Waals surface area contributed by atoms with Gasteiger partial charge in [0.05, 0.1) is 13.2 Å². The minimum atomic E-state index is -3.59. The summed E-state index contributed by atoms with van der Waals surface area (Å²) in [6, 6.07) is 0. The molecule has 68 valence electrons. The highest BCUT2D eigenvalue weighted by atomic mass is 31.2. The summed E-state index contributed by atoms with van der Waals surface area (Å²) in [4.78, 5) is 10.9. The second-order valence-corrected chi connectivity index (χ2v) is 3.87. The maximum Gasteiger partial charge on any atom is 0.532 e. The van der Waals surface area contributed by atoms with Gasteiger partial charge in [-0.25, -0.2) is 9.36 Å². The molecule has 0 aromatic heterocycles. The van der Waals surface area contributed by atoms with Crippen molar-refractivity contribution in [2.75, 3.05) is 13.2 Å². The highest BCUT2D eigenvalue weighted by molar-refractivity contribution is 7.49. The van der Waals surface area contributed by atoms with Gasteiger partial charge in [0.15, 0.2) is 0 Å². The number of phosphoric ester groups is 1. The Morgan fingerprint density at radius 2 is 2.00 bits per heavy atom. The Bertz CT molecular complexity index is 249. The van der Waals surface area contributed by atoms with Crippen molar-refractivity contribution in [2.24, 2.45) is 0 Å². The molecule has 0 unspecified atom stereocenters. The van der Waals surface area contributed by atoms with Crippen LogP contribution in [0.25, 0.3) is 0 Å². The van der Waals surface area contributed by atoms with Crippen molar-refractivity contribution in [3.05, 3.63) is 12.2 Å². The summed E-state index contributed by atoms with van der Waals surface area (Å²) in [6.45, 7) is 5.13. The van der Waals surface area contributed by atoms with Crippen molar-refractivity contribution >= 4 is 13.8 Å². The van der Waals surface area contributed by atoms with Crippen LogP contribution in [0.5, 0.6) is 0 Å². The summed E-state index contributed by atoms with van der Waals surface area (Å²) in [5.74, 6) is -0.764. The highest BCUT2D eigenvalue weighted by Gasteiger charge is 2.35. The Balaban J connectivity index is 2.56. The van der Waals surface area contributed by atoms with Crippen molar-refractivity contribution < 1.29 is 22.9 Å². The van der Waals surface area contributed by atoms with Gasteiger partial charge < -0.3 is 4.52 Å². The summed E-state index contributed by atoms with van der Waals surface area (Å²) in [7, 11) is -3.59. The Labute approximate surface area is 69.9 Å². The van der Waals surface area contributed by atoms with Crippen LogP contribution in [0.4, 0.5) is 0 Å². The molecule has 0 atom stereocenters. The molecule has 0 radical (unpaired) electrons. The lowest BCUT2D eigenvalue weighted by Gasteiger charge is -2.08. The van der Waals surface area contributed by atoms with Crippen LogP contribution < -0.4 is 0 Å². The fourth-order valence-corrected chi connectivity index (χ4v) is 1.70. The minimum Gasteiger partial charge on any atom is -0.367 e. The van der Waals surface area contributed by atoms with Gasteiger partial charge in [-0.3, -0.25) is 9.05 Å². The minimum absolute atomic E-state index is 0.157. The maximum atomic E-state index is 11.2. The molecule has 0 amide bonds. The summed E-state index contributed by atoms with van der Waals surface area (Å²) in [5.41, 5.74) is 0.157. The van der Waals surface area contributed by atoms with Crippen molar-refractivity contribution in [2.45, 2.75) is 6.92 Å². The molecule has 1 fully saturated rings. The van der Waals surface area contributed by atoms with E-state index in [1.54, 1.807) is 0 Å². The number of carbonyl (C=O) groups excluding carboxylic acids is 1. The number of hydrogen-bond donors (Lipinski definition) is 0. The van der Waals surface area contributed by atoms with Gasteiger partial charge in [0.2, 0.25) is 0 Å². The van der Waals surface area contributed by atoms with Crippen LogP contribution in [-0.2, 0) is 22.9 Å². The second-order valence-electron chi connectivity index (χ2n) is 2.27. The first-order chi connectivity index (χ1) is 5.53. The zero-order valence-corrected chi connectivity index (χ0v) is 7.50. The van der Waals surface area contributed by atoms with Crippen LogP contribution in [0.15, 0.2) is 12.2 Å². The molecule has 0 bridgehead atoms. The normalized spacial score (nSPS) is 20.4. The average Bonchev–Trinajstić information content (AvgIpc) is 2.35. The zero-order chi connectivity index (χ0) is 9.19. The molecular formula is C6H9O5P. The van der Waals surface area contributed by atoms with Gasteiger partial charge in [0.1, 0.15) is 0 Å². The van der Waals surface area contributed by atoms with E-state index in [2.05, 4.69) is 20.2 Å². The number of hydrogen-bond acceptors (Lipinski definition) is 5. The van der Waals surface area contributed by atoms with Crippen LogP contribution in [-0.4, -0.2) is 19.2 Å². The van der Waals surface area contributed by atoms with Gasteiger partial charge in [-0.2, -0.15) is 0 Å². The van der Waals surface area contributed by atoms with Crippen LogP contribution in [0, 0.1) is 0 Å². The molecule has 0 aromatic carbocycles. The molecule has 1 saturated heterocycles. The molecule has 5 nitrogen and oxygen atoms in total. The van der Waals surface area contributed by atoms with Crippen LogP contribution in [0.3, 0.4) is 0 Å². The first kappa shape index (κ1) is 9.45. The standard InChI is InChI=1S/C6H9O5P/c1-5(2)6(7)11-12(8)9-3-4-10-12/h1,3-4H2,2H3. The topological polar surface area (TPSA) is 61.8 Å². The smallest absolute Gasteiger partial charge is 0.367 e.